The van der Waals surface area contributed by atoms with Gasteiger partial charge in [-0.05, 0) is 36.4 Å². The van der Waals surface area contributed by atoms with Crippen molar-refractivity contribution in [1.82, 2.24) is 19.8 Å². The first-order valence-corrected chi connectivity index (χ1v) is 11.4. The van der Waals surface area contributed by atoms with Gasteiger partial charge in [0.1, 0.15) is 5.75 Å². The molecule has 0 radical (unpaired) electrons. The first-order chi connectivity index (χ1) is 17.5. The first kappa shape index (κ1) is 23.3. The minimum atomic E-state index is -3.03. The van der Waals surface area contributed by atoms with E-state index in [2.05, 4.69) is 9.72 Å². The van der Waals surface area contributed by atoms with Gasteiger partial charge in [-0.1, -0.05) is 30.3 Å². The minimum Gasteiger partial charge on any atom is -0.434 e. The molecule has 9 heteroatoms. The lowest BCUT2D eigenvalue weighted by Crippen LogP contribution is -2.50. The molecule has 1 fully saturated rings. The molecule has 182 valence electrons. The van der Waals surface area contributed by atoms with Crippen LogP contribution in [0.25, 0.3) is 22.2 Å². The smallest absolute Gasteiger partial charge is 0.387 e. The molecule has 5 rings (SSSR count). The molecule has 1 saturated heterocycles. The number of fused-ring (bicyclic) bond motifs is 1. The fourth-order valence-electron chi connectivity index (χ4n) is 4.32. The predicted molar refractivity (Wildman–Crippen MR) is 130 cm³/mol. The number of rotatable bonds is 5. The lowest BCUT2D eigenvalue weighted by molar-refractivity contribution is -0.0503. The van der Waals surface area contributed by atoms with Crippen molar-refractivity contribution in [2.24, 2.45) is 0 Å². The van der Waals surface area contributed by atoms with E-state index in [9.17, 15) is 18.4 Å². The molecule has 2 amide bonds. The number of carbonyl (C=O) groups excluding carboxylic acids is 2. The quantitative estimate of drug-likeness (QED) is 0.414. The van der Waals surface area contributed by atoms with Gasteiger partial charge in [-0.3, -0.25) is 14.6 Å². The van der Waals surface area contributed by atoms with E-state index in [4.69, 9.17) is 4.98 Å². The van der Waals surface area contributed by atoms with Gasteiger partial charge in [0.25, 0.3) is 11.8 Å². The van der Waals surface area contributed by atoms with Crippen molar-refractivity contribution in [3.63, 3.8) is 0 Å². The van der Waals surface area contributed by atoms with Gasteiger partial charge in [-0.15, -0.1) is 0 Å². The van der Waals surface area contributed by atoms with E-state index in [1.165, 1.54) is 18.2 Å². The van der Waals surface area contributed by atoms with Crippen LogP contribution in [0, 0.1) is 0 Å². The molecule has 0 unspecified atom stereocenters. The van der Waals surface area contributed by atoms with Crippen molar-refractivity contribution in [3.05, 3.63) is 90.3 Å². The van der Waals surface area contributed by atoms with E-state index < -0.39 is 12.5 Å². The lowest BCUT2D eigenvalue weighted by atomic mass is 10.0. The zero-order valence-electron chi connectivity index (χ0n) is 19.2. The summed E-state index contributed by atoms with van der Waals surface area (Å²) in [5.74, 6) is -0.729. The molecule has 36 heavy (non-hydrogen) atoms. The van der Waals surface area contributed by atoms with Gasteiger partial charge in [0, 0.05) is 49.5 Å². The third-order valence-corrected chi connectivity index (χ3v) is 6.11. The summed E-state index contributed by atoms with van der Waals surface area (Å²) >= 11 is 0. The van der Waals surface area contributed by atoms with Gasteiger partial charge < -0.3 is 14.5 Å². The summed E-state index contributed by atoms with van der Waals surface area (Å²) in [6, 6.07) is 18.9. The van der Waals surface area contributed by atoms with Crippen LogP contribution in [0.5, 0.6) is 5.75 Å². The van der Waals surface area contributed by atoms with Crippen LogP contribution in [-0.4, -0.2) is 64.4 Å². The molecule has 7 nitrogen and oxygen atoms in total. The van der Waals surface area contributed by atoms with Crippen LogP contribution in [0.3, 0.4) is 0 Å². The van der Waals surface area contributed by atoms with E-state index in [0.717, 1.165) is 10.9 Å². The summed E-state index contributed by atoms with van der Waals surface area (Å²) in [4.78, 5) is 38.6. The molecule has 0 N–H and O–H groups in total. The molecule has 0 bridgehead atoms. The highest BCUT2D eigenvalue weighted by atomic mass is 19.3. The Morgan fingerprint density at radius 3 is 2.11 bits per heavy atom. The SMILES string of the molecule is O=C(c1ccccc1OC(F)F)N1CCN(C(=O)c2cc(-c3ccncc3)nc3ccccc23)CC1. The van der Waals surface area contributed by atoms with Crippen molar-refractivity contribution in [2.75, 3.05) is 26.2 Å². The van der Waals surface area contributed by atoms with Gasteiger partial charge in [0.2, 0.25) is 0 Å². The van der Waals surface area contributed by atoms with Crippen molar-refractivity contribution < 1.29 is 23.1 Å². The summed E-state index contributed by atoms with van der Waals surface area (Å²) in [5.41, 5.74) is 2.83. The van der Waals surface area contributed by atoms with Crippen LogP contribution in [0.4, 0.5) is 8.78 Å². The molecule has 3 heterocycles. The number of ether oxygens (including phenoxy) is 1. The molecule has 1 aliphatic rings. The number of hydrogen-bond acceptors (Lipinski definition) is 5. The van der Waals surface area contributed by atoms with E-state index in [-0.39, 0.29) is 30.3 Å². The second-order valence-electron chi connectivity index (χ2n) is 8.27. The highest BCUT2D eigenvalue weighted by Gasteiger charge is 2.28. The van der Waals surface area contributed by atoms with Crippen LogP contribution in [0.15, 0.2) is 79.1 Å². The number of alkyl halides is 2. The standard InChI is InChI=1S/C27H22F2N4O3/c28-27(29)36-24-8-4-2-6-20(24)25(34)32-13-15-33(16-14-32)26(35)21-17-23(18-9-11-30-12-10-18)31-22-7-3-1-5-19(21)22/h1-12,17,27H,13-16H2. The Kier molecular flexibility index (Phi) is 6.53. The normalized spacial score (nSPS) is 13.8. The number of halogens is 2. The Bertz CT molecular complexity index is 1410. The highest BCUT2D eigenvalue weighted by molar-refractivity contribution is 6.07. The molecular weight excluding hydrogens is 466 g/mol. The van der Waals surface area contributed by atoms with Crippen LogP contribution in [0.2, 0.25) is 0 Å². The summed E-state index contributed by atoms with van der Waals surface area (Å²) in [6.45, 7) is -1.87. The molecule has 2 aromatic carbocycles. The fraction of sp³-hybridized carbons (Fsp3) is 0.185. The Labute approximate surface area is 206 Å². The maximum absolute atomic E-state index is 13.6. The van der Waals surface area contributed by atoms with Gasteiger partial charge in [0.05, 0.1) is 22.3 Å². The molecule has 2 aromatic heterocycles. The van der Waals surface area contributed by atoms with Crippen molar-refractivity contribution in [1.29, 1.82) is 0 Å². The van der Waals surface area contributed by atoms with Gasteiger partial charge in [-0.25, -0.2) is 4.98 Å². The first-order valence-electron chi connectivity index (χ1n) is 11.4. The zero-order valence-corrected chi connectivity index (χ0v) is 19.2. The van der Waals surface area contributed by atoms with Gasteiger partial charge >= 0.3 is 6.61 Å². The summed E-state index contributed by atoms with van der Waals surface area (Å²) in [5, 5.41) is 0.747. The second kappa shape index (κ2) is 10.1. The molecular formula is C27H22F2N4O3. The topological polar surface area (TPSA) is 75.6 Å². The van der Waals surface area contributed by atoms with Crippen LogP contribution >= 0.6 is 0 Å². The number of para-hydroxylation sites is 2. The largest absolute Gasteiger partial charge is 0.434 e. The van der Waals surface area contributed by atoms with Crippen LogP contribution in [0.1, 0.15) is 20.7 Å². The molecule has 1 aliphatic heterocycles. The number of nitrogens with zero attached hydrogens (tertiary/aromatic N) is 4. The third-order valence-electron chi connectivity index (χ3n) is 6.11. The fourth-order valence-corrected chi connectivity index (χ4v) is 4.32. The maximum atomic E-state index is 13.6. The minimum absolute atomic E-state index is 0.0692. The zero-order chi connectivity index (χ0) is 25.1. The van der Waals surface area contributed by atoms with E-state index >= 15 is 0 Å². The number of pyridine rings is 2. The van der Waals surface area contributed by atoms with Gasteiger partial charge in [-0.2, -0.15) is 8.78 Å². The average Bonchev–Trinajstić information content (AvgIpc) is 2.92. The monoisotopic (exact) mass is 488 g/mol. The molecule has 0 atom stereocenters. The maximum Gasteiger partial charge on any atom is 0.387 e. The molecule has 0 spiro atoms. The summed E-state index contributed by atoms with van der Waals surface area (Å²) in [6.07, 6.45) is 3.35. The van der Waals surface area contributed by atoms with E-state index in [1.807, 2.05) is 36.4 Å². The number of aromatic nitrogens is 2. The highest BCUT2D eigenvalue weighted by Crippen LogP contribution is 2.27. The van der Waals surface area contributed by atoms with Crippen molar-refractivity contribution in [3.8, 4) is 17.0 Å². The summed E-state index contributed by atoms with van der Waals surface area (Å²) < 4.78 is 30.0. The second-order valence-corrected chi connectivity index (χ2v) is 8.27. The Morgan fingerprint density at radius 1 is 0.806 bits per heavy atom. The predicted octanol–water partition coefficient (Wildman–Crippen LogP) is 4.50. The third kappa shape index (κ3) is 4.72. The van der Waals surface area contributed by atoms with E-state index in [1.54, 1.807) is 34.3 Å². The van der Waals surface area contributed by atoms with Gasteiger partial charge in [0.15, 0.2) is 0 Å². The summed E-state index contributed by atoms with van der Waals surface area (Å²) in [7, 11) is 0. The van der Waals surface area contributed by atoms with Crippen LogP contribution < -0.4 is 4.74 Å². The number of carbonyl (C=O) groups is 2. The number of amides is 2. The van der Waals surface area contributed by atoms with Crippen molar-refractivity contribution >= 4 is 22.7 Å². The molecule has 0 saturated carbocycles. The Balaban J connectivity index is 1.36. The number of piperazine rings is 1. The lowest BCUT2D eigenvalue weighted by Gasteiger charge is -2.35. The Hall–Kier alpha value is -4.40. The Morgan fingerprint density at radius 2 is 1.42 bits per heavy atom. The van der Waals surface area contributed by atoms with E-state index in [0.29, 0.717) is 29.9 Å². The number of hydrogen-bond donors (Lipinski definition) is 0. The molecule has 4 aromatic rings. The number of benzene rings is 2. The van der Waals surface area contributed by atoms with Crippen molar-refractivity contribution in [2.45, 2.75) is 6.61 Å². The van der Waals surface area contributed by atoms with Crippen LogP contribution in [-0.2, 0) is 0 Å². The molecule has 0 aliphatic carbocycles. The average molecular weight is 488 g/mol.